The van der Waals surface area contributed by atoms with Crippen molar-refractivity contribution in [1.29, 1.82) is 0 Å². The molecule has 1 aromatic heterocycles. The highest BCUT2D eigenvalue weighted by molar-refractivity contribution is 9.09. The van der Waals surface area contributed by atoms with Crippen molar-refractivity contribution in [3.63, 3.8) is 0 Å². The molecule has 0 unspecified atom stereocenters. The lowest BCUT2D eigenvalue weighted by Crippen LogP contribution is -2.22. The van der Waals surface area contributed by atoms with Crippen LogP contribution in [-0.4, -0.2) is 36.8 Å². The molecule has 0 saturated heterocycles. The molecule has 160 valence electrons. The zero-order valence-electron chi connectivity index (χ0n) is 16.6. The van der Waals surface area contributed by atoms with E-state index in [0.717, 1.165) is 9.54 Å². The Hall–Kier alpha value is -2.39. The topological polar surface area (TPSA) is 77.4 Å². The summed E-state index contributed by atoms with van der Waals surface area (Å²) in [7, 11) is -3.94. The Morgan fingerprint density at radius 2 is 1.93 bits per heavy atom. The Bertz CT molecular complexity index is 1170. The van der Waals surface area contributed by atoms with E-state index in [1.54, 1.807) is 12.1 Å². The molecule has 1 heterocycles. The molecule has 9 heteroatoms. The third kappa shape index (κ3) is 4.67. The SMILES string of the molecule is CC(=O)NCCc1cn(S(=O)(=O)c2ccc(C)cc2)c2cc(F)c(OCCBr)cc12. The van der Waals surface area contributed by atoms with E-state index in [2.05, 4.69) is 21.2 Å². The van der Waals surface area contributed by atoms with Gasteiger partial charge in [0.2, 0.25) is 5.91 Å². The second kappa shape index (κ2) is 9.18. The molecule has 0 aliphatic carbocycles. The van der Waals surface area contributed by atoms with Crippen LogP contribution in [0.4, 0.5) is 4.39 Å². The first-order valence-corrected chi connectivity index (χ1v) is 11.9. The summed E-state index contributed by atoms with van der Waals surface area (Å²) in [4.78, 5) is 11.3. The number of nitrogens with zero attached hydrogens (tertiary/aromatic N) is 1. The van der Waals surface area contributed by atoms with E-state index in [1.165, 1.54) is 37.4 Å². The normalized spacial score (nSPS) is 11.6. The number of hydrogen-bond donors (Lipinski definition) is 1. The van der Waals surface area contributed by atoms with Gasteiger partial charge in [-0.1, -0.05) is 33.6 Å². The van der Waals surface area contributed by atoms with Crippen LogP contribution in [0, 0.1) is 12.7 Å². The summed E-state index contributed by atoms with van der Waals surface area (Å²) in [6, 6.07) is 9.16. The lowest BCUT2D eigenvalue weighted by Gasteiger charge is -2.10. The fraction of sp³-hybridized carbons (Fsp3) is 0.286. The number of nitrogens with one attached hydrogen (secondary N) is 1. The van der Waals surface area contributed by atoms with E-state index in [1.807, 2.05) is 6.92 Å². The predicted molar refractivity (Wildman–Crippen MR) is 117 cm³/mol. The fourth-order valence-electron chi connectivity index (χ4n) is 3.12. The van der Waals surface area contributed by atoms with Crippen LogP contribution in [0.25, 0.3) is 10.9 Å². The number of hydrogen-bond acceptors (Lipinski definition) is 4. The van der Waals surface area contributed by atoms with Crippen molar-refractivity contribution in [2.75, 3.05) is 18.5 Å². The van der Waals surface area contributed by atoms with Gasteiger partial charge in [-0.05, 0) is 37.1 Å². The van der Waals surface area contributed by atoms with Gasteiger partial charge in [-0.25, -0.2) is 16.8 Å². The average Bonchev–Trinajstić information content (AvgIpc) is 3.04. The summed E-state index contributed by atoms with van der Waals surface area (Å²) in [5.41, 5.74) is 1.82. The van der Waals surface area contributed by atoms with E-state index in [9.17, 15) is 17.6 Å². The summed E-state index contributed by atoms with van der Waals surface area (Å²) in [6.07, 6.45) is 1.87. The highest BCUT2D eigenvalue weighted by Gasteiger charge is 2.23. The number of carbonyl (C=O) groups excluding carboxylic acids is 1. The molecule has 0 radical (unpaired) electrons. The van der Waals surface area contributed by atoms with E-state index < -0.39 is 15.8 Å². The monoisotopic (exact) mass is 496 g/mol. The highest BCUT2D eigenvalue weighted by atomic mass is 79.9. The van der Waals surface area contributed by atoms with Crippen LogP contribution in [0.2, 0.25) is 0 Å². The van der Waals surface area contributed by atoms with Gasteiger partial charge >= 0.3 is 0 Å². The van der Waals surface area contributed by atoms with Crippen LogP contribution in [0.1, 0.15) is 18.1 Å². The van der Waals surface area contributed by atoms with E-state index in [4.69, 9.17) is 4.74 Å². The minimum Gasteiger partial charge on any atom is -0.490 e. The van der Waals surface area contributed by atoms with Crippen molar-refractivity contribution in [3.8, 4) is 5.75 Å². The van der Waals surface area contributed by atoms with Crippen LogP contribution in [0.3, 0.4) is 0 Å². The van der Waals surface area contributed by atoms with Gasteiger partial charge < -0.3 is 10.1 Å². The Kier molecular flexibility index (Phi) is 6.82. The molecule has 1 N–H and O–H groups in total. The van der Waals surface area contributed by atoms with Crippen LogP contribution < -0.4 is 10.1 Å². The third-order valence-electron chi connectivity index (χ3n) is 4.59. The zero-order chi connectivity index (χ0) is 21.9. The molecule has 30 heavy (non-hydrogen) atoms. The molecule has 6 nitrogen and oxygen atoms in total. The van der Waals surface area contributed by atoms with Gasteiger partial charge in [0.1, 0.15) is 0 Å². The van der Waals surface area contributed by atoms with Gasteiger partial charge in [-0.15, -0.1) is 0 Å². The van der Waals surface area contributed by atoms with Crippen molar-refractivity contribution < 1.29 is 22.3 Å². The molecule has 0 saturated carbocycles. The molecule has 0 spiro atoms. The highest BCUT2D eigenvalue weighted by Crippen LogP contribution is 2.32. The predicted octanol–water partition coefficient (Wildman–Crippen LogP) is 3.78. The van der Waals surface area contributed by atoms with E-state index in [0.29, 0.717) is 29.2 Å². The molecule has 3 aromatic rings. The number of fused-ring (bicyclic) bond motifs is 1. The van der Waals surface area contributed by atoms with Crippen LogP contribution in [-0.2, 0) is 21.2 Å². The number of halogens is 2. The molecule has 0 atom stereocenters. The maximum absolute atomic E-state index is 14.6. The molecule has 0 aliphatic rings. The summed E-state index contributed by atoms with van der Waals surface area (Å²) in [6.45, 7) is 3.87. The van der Waals surface area contributed by atoms with Gasteiger partial charge in [-0.2, -0.15) is 0 Å². The molecule has 1 amide bonds. The number of ether oxygens (including phenoxy) is 1. The largest absolute Gasteiger partial charge is 0.490 e. The van der Waals surface area contributed by atoms with Crippen molar-refractivity contribution >= 4 is 42.8 Å². The first-order chi connectivity index (χ1) is 14.2. The molecule has 0 fully saturated rings. The zero-order valence-corrected chi connectivity index (χ0v) is 19.0. The van der Waals surface area contributed by atoms with Gasteiger partial charge in [0.15, 0.2) is 11.6 Å². The Balaban J connectivity index is 2.14. The number of aromatic nitrogens is 1. The lowest BCUT2D eigenvalue weighted by molar-refractivity contribution is -0.118. The number of amides is 1. The van der Waals surface area contributed by atoms with Crippen LogP contribution in [0.5, 0.6) is 5.75 Å². The van der Waals surface area contributed by atoms with E-state index >= 15 is 0 Å². The minimum absolute atomic E-state index is 0.0493. The molecular formula is C21H22BrFN2O4S. The van der Waals surface area contributed by atoms with Gasteiger partial charge in [0, 0.05) is 36.4 Å². The standard InChI is InChI=1S/C21H22BrFN2O4S/c1-14-3-5-17(6-4-14)30(27,28)25-13-16(7-9-24-15(2)26)18-11-21(29-10-8-22)19(23)12-20(18)25/h3-6,11-13H,7-10H2,1-2H3,(H,24,26). The Labute approximate surface area is 183 Å². The number of benzene rings is 2. The second-order valence-electron chi connectivity index (χ2n) is 6.84. The van der Waals surface area contributed by atoms with E-state index in [-0.39, 0.29) is 28.7 Å². The van der Waals surface area contributed by atoms with Crippen molar-refractivity contribution in [1.82, 2.24) is 9.29 Å². The first kappa shape index (κ1) is 22.3. The number of alkyl halides is 1. The van der Waals surface area contributed by atoms with Crippen molar-refractivity contribution in [3.05, 3.63) is 59.5 Å². The van der Waals surface area contributed by atoms with Crippen LogP contribution in [0.15, 0.2) is 47.5 Å². The maximum atomic E-state index is 14.6. The smallest absolute Gasteiger partial charge is 0.268 e. The molecule has 3 rings (SSSR count). The number of aryl methyl sites for hydroxylation is 1. The molecule has 0 bridgehead atoms. The Morgan fingerprint density at radius 1 is 1.23 bits per heavy atom. The maximum Gasteiger partial charge on any atom is 0.268 e. The van der Waals surface area contributed by atoms with Gasteiger partial charge in [-0.3, -0.25) is 4.79 Å². The van der Waals surface area contributed by atoms with Crippen LogP contribution >= 0.6 is 15.9 Å². The Morgan fingerprint density at radius 3 is 2.57 bits per heavy atom. The minimum atomic E-state index is -3.94. The summed E-state index contributed by atoms with van der Waals surface area (Å²) >= 11 is 3.23. The summed E-state index contributed by atoms with van der Waals surface area (Å²) in [5, 5.41) is 3.78. The number of rotatable bonds is 8. The van der Waals surface area contributed by atoms with Gasteiger partial charge in [0.25, 0.3) is 10.0 Å². The average molecular weight is 497 g/mol. The molecule has 0 aliphatic heterocycles. The molecule has 2 aromatic carbocycles. The van der Waals surface area contributed by atoms with Crippen molar-refractivity contribution in [2.45, 2.75) is 25.2 Å². The third-order valence-corrected chi connectivity index (χ3v) is 6.60. The fourth-order valence-corrected chi connectivity index (χ4v) is 4.66. The second-order valence-corrected chi connectivity index (χ2v) is 9.45. The molecular weight excluding hydrogens is 475 g/mol. The summed E-state index contributed by atoms with van der Waals surface area (Å²) in [5.74, 6) is -0.776. The van der Waals surface area contributed by atoms with Crippen molar-refractivity contribution in [2.24, 2.45) is 0 Å². The van der Waals surface area contributed by atoms with Gasteiger partial charge in [0.05, 0.1) is 17.0 Å². The lowest BCUT2D eigenvalue weighted by atomic mass is 10.1. The number of carbonyl (C=O) groups is 1. The first-order valence-electron chi connectivity index (χ1n) is 9.33. The quantitative estimate of drug-likeness (QED) is 0.481. The summed E-state index contributed by atoms with van der Waals surface area (Å²) < 4.78 is 47.7.